The van der Waals surface area contributed by atoms with E-state index in [2.05, 4.69) is 181 Å². The number of pyridine rings is 1. The van der Waals surface area contributed by atoms with Gasteiger partial charge in [-0.25, -0.2) is 0 Å². The topological polar surface area (TPSA) is 25.4 Å². The fourth-order valence-corrected chi connectivity index (χ4v) is 7.52. The predicted octanol–water partition coefficient (Wildman–Crippen LogP) is 13.1. The van der Waals surface area contributed by atoms with E-state index in [4.69, 9.17) is 9.72 Å². The maximum absolute atomic E-state index is 6.90. The summed E-state index contributed by atoms with van der Waals surface area (Å²) in [7, 11) is 0. The zero-order valence-corrected chi connectivity index (χ0v) is 27.1. The highest BCUT2D eigenvalue weighted by Crippen LogP contribution is 2.53. The molecule has 0 spiro atoms. The lowest BCUT2D eigenvalue weighted by atomic mass is 9.96. The molecule has 0 unspecified atom stereocenters. The highest BCUT2D eigenvalue weighted by molar-refractivity contribution is 6.00. The van der Waals surface area contributed by atoms with Crippen LogP contribution in [-0.4, -0.2) is 4.98 Å². The van der Waals surface area contributed by atoms with E-state index in [1.807, 2.05) is 6.20 Å². The molecule has 8 aromatic carbocycles. The fourth-order valence-electron chi connectivity index (χ4n) is 7.52. The van der Waals surface area contributed by atoms with Crippen LogP contribution < -0.4 is 9.64 Å². The molecular formula is C47H30N2O. The molecule has 0 fully saturated rings. The van der Waals surface area contributed by atoms with Gasteiger partial charge in [0.1, 0.15) is 0 Å². The van der Waals surface area contributed by atoms with Crippen LogP contribution in [0, 0.1) is 0 Å². The van der Waals surface area contributed by atoms with Gasteiger partial charge < -0.3 is 9.64 Å². The standard InChI is InChI=1S/C47H30N2O/c1-4-17-38-31(10-1)13-8-20-40(38)34-22-24-43-45(29-34)50-46-30-35(41-21-9-14-32-11-2-5-18-39(32)41)23-25-44(46)49(43)37-16-7-15-36(28-37)47-42-19-6-3-12-33(42)26-27-48-47/h1-30H. The second-order valence-electron chi connectivity index (χ2n) is 12.8. The van der Waals surface area contributed by atoms with Gasteiger partial charge in [-0.2, -0.15) is 0 Å². The van der Waals surface area contributed by atoms with Crippen LogP contribution in [0.25, 0.3) is 65.8 Å². The van der Waals surface area contributed by atoms with Crippen LogP contribution >= 0.6 is 0 Å². The Kier molecular flexibility index (Phi) is 6.49. The zero-order chi connectivity index (χ0) is 33.0. The summed E-state index contributed by atoms with van der Waals surface area (Å²) >= 11 is 0. The third-order valence-corrected chi connectivity index (χ3v) is 9.87. The summed E-state index contributed by atoms with van der Waals surface area (Å²) in [5.41, 5.74) is 9.64. The number of nitrogens with zero attached hydrogens (tertiary/aromatic N) is 2. The second kappa shape index (κ2) is 11.5. The number of hydrogen-bond acceptors (Lipinski definition) is 3. The van der Waals surface area contributed by atoms with Gasteiger partial charge in [0.15, 0.2) is 11.5 Å². The van der Waals surface area contributed by atoms with Crippen LogP contribution in [0.2, 0.25) is 0 Å². The second-order valence-corrected chi connectivity index (χ2v) is 12.8. The Hall–Kier alpha value is -6.71. The maximum Gasteiger partial charge on any atom is 0.152 e. The van der Waals surface area contributed by atoms with Gasteiger partial charge in [-0.1, -0.05) is 133 Å². The van der Waals surface area contributed by atoms with E-state index < -0.39 is 0 Å². The van der Waals surface area contributed by atoms with Crippen molar-refractivity contribution in [3.8, 4) is 45.0 Å². The molecule has 0 amide bonds. The highest BCUT2D eigenvalue weighted by Gasteiger charge is 2.27. The number of rotatable bonds is 4. The SMILES string of the molecule is c1cc(-c2nccc3ccccc23)cc(N2c3ccc(-c4cccc5ccccc45)cc3Oc3cc(-c4cccc5ccccc45)ccc32)c1. The normalized spacial score (nSPS) is 12.1. The summed E-state index contributed by atoms with van der Waals surface area (Å²) in [4.78, 5) is 7.17. The molecule has 3 heteroatoms. The van der Waals surface area contributed by atoms with Crippen LogP contribution in [0.3, 0.4) is 0 Å². The van der Waals surface area contributed by atoms with E-state index >= 15 is 0 Å². The van der Waals surface area contributed by atoms with Crippen molar-refractivity contribution in [3.63, 3.8) is 0 Å². The molecule has 0 radical (unpaired) electrons. The Morgan fingerprint density at radius 2 is 0.920 bits per heavy atom. The first kappa shape index (κ1) is 28.3. The molecule has 3 nitrogen and oxygen atoms in total. The van der Waals surface area contributed by atoms with Crippen LogP contribution in [0.4, 0.5) is 17.1 Å². The summed E-state index contributed by atoms with van der Waals surface area (Å²) in [6.45, 7) is 0. The van der Waals surface area contributed by atoms with Gasteiger partial charge in [0, 0.05) is 22.8 Å². The molecule has 1 aromatic heterocycles. The molecule has 0 saturated carbocycles. The lowest BCUT2D eigenvalue weighted by Gasteiger charge is -2.34. The Balaban J connectivity index is 1.16. The molecule has 0 atom stereocenters. The smallest absolute Gasteiger partial charge is 0.152 e. The van der Waals surface area contributed by atoms with Crippen molar-refractivity contribution in [1.29, 1.82) is 0 Å². The number of ether oxygens (including phenoxy) is 1. The van der Waals surface area contributed by atoms with Crippen LogP contribution in [-0.2, 0) is 0 Å². The average Bonchev–Trinajstić information content (AvgIpc) is 3.19. The number of anilines is 3. The minimum atomic E-state index is 0.812. The number of aromatic nitrogens is 1. The van der Waals surface area contributed by atoms with Gasteiger partial charge in [-0.05, 0) is 91.6 Å². The molecule has 0 aliphatic carbocycles. The van der Waals surface area contributed by atoms with E-state index in [0.29, 0.717) is 0 Å². The predicted molar refractivity (Wildman–Crippen MR) is 208 cm³/mol. The first-order chi connectivity index (χ1) is 24.8. The van der Waals surface area contributed by atoms with Crippen LogP contribution in [0.1, 0.15) is 0 Å². The molecule has 9 aromatic rings. The third kappa shape index (κ3) is 4.63. The van der Waals surface area contributed by atoms with Crippen molar-refractivity contribution in [1.82, 2.24) is 4.98 Å². The fraction of sp³-hybridized carbons (Fsp3) is 0. The molecule has 0 bridgehead atoms. The molecule has 50 heavy (non-hydrogen) atoms. The highest BCUT2D eigenvalue weighted by atomic mass is 16.5. The summed E-state index contributed by atoms with van der Waals surface area (Å²) in [6.07, 6.45) is 1.90. The van der Waals surface area contributed by atoms with Gasteiger partial charge in [0.2, 0.25) is 0 Å². The Morgan fingerprint density at radius 1 is 0.400 bits per heavy atom. The molecule has 1 aliphatic heterocycles. The van der Waals surface area contributed by atoms with Gasteiger partial charge >= 0.3 is 0 Å². The molecule has 0 N–H and O–H groups in total. The number of benzene rings is 8. The lowest BCUT2D eigenvalue weighted by Crippen LogP contribution is -2.16. The first-order valence-electron chi connectivity index (χ1n) is 17.0. The molecule has 234 valence electrons. The molecule has 10 rings (SSSR count). The molecule has 2 heterocycles. The number of hydrogen-bond donors (Lipinski definition) is 0. The van der Waals surface area contributed by atoms with Crippen molar-refractivity contribution < 1.29 is 4.74 Å². The van der Waals surface area contributed by atoms with E-state index in [1.165, 1.54) is 38.1 Å². The Labute approximate surface area is 290 Å². The van der Waals surface area contributed by atoms with Crippen molar-refractivity contribution in [2.45, 2.75) is 0 Å². The average molecular weight is 639 g/mol. The van der Waals surface area contributed by atoms with E-state index in [-0.39, 0.29) is 0 Å². The van der Waals surface area contributed by atoms with Gasteiger partial charge in [0.05, 0.1) is 17.1 Å². The summed E-state index contributed by atoms with van der Waals surface area (Å²) < 4.78 is 6.90. The summed E-state index contributed by atoms with van der Waals surface area (Å²) in [6, 6.07) is 62.4. The van der Waals surface area contributed by atoms with Crippen molar-refractivity contribution in [2.75, 3.05) is 4.90 Å². The zero-order valence-electron chi connectivity index (χ0n) is 27.1. The van der Waals surface area contributed by atoms with Crippen molar-refractivity contribution in [3.05, 3.63) is 182 Å². The quantitative estimate of drug-likeness (QED) is 0.192. The Bertz CT molecular complexity index is 2620. The monoisotopic (exact) mass is 638 g/mol. The van der Waals surface area contributed by atoms with E-state index in [0.717, 1.165) is 56.3 Å². The van der Waals surface area contributed by atoms with E-state index in [1.54, 1.807) is 0 Å². The minimum absolute atomic E-state index is 0.812. The largest absolute Gasteiger partial charge is 0.453 e. The van der Waals surface area contributed by atoms with Crippen molar-refractivity contribution >= 4 is 49.4 Å². The summed E-state index contributed by atoms with van der Waals surface area (Å²) in [5.74, 6) is 1.62. The van der Waals surface area contributed by atoms with Crippen LogP contribution in [0.15, 0.2) is 182 Å². The maximum atomic E-state index is 6.90. The molecule has 1 aliphatic rings. The molecule has 0 saturated heterocycles. The van der Waals surface area contributed by atoms with Gasteiger partial charge in [-0.15, -0.1) is 0 Å². The first-order valence-corrected chi connectivity index (χ1v) is 17.0. The molecular weight excluding hydrogens is 609 g/mol. The van der Waals surface area contributed by atoms with Crippen molar-refractivity contribution in [2.24, 2.45) is 0 Å². The van der Waals surface area contributed by atoms with Crippen LogP contribution in [0.5, 0.6) is 11.5 Å². The minimum Gasteiger partial charge on any atom is -0.453 e. The van der Waals surface area contributed by atoms with Gasteiger partial charge in [0.25, 0.3) is 0 Å². The number of fused-ring (bicyclic) bond motifs is 5. The Morgan fingerprint density at radius 3 is 1.54 bits per heavy atom. The third-order valence-electron chi connectivity index (χ3n) is 9.87. The van der Waals surface area contributed by atoms with Gasteiger partial charge in [-0.3, -0.25) is 4.98 Å². The van der Waals surface area contributed by atoms with E-state index in [9.17, 15) is 0 Å². The summed E-state index contributed by atoms with van der Waals surface area (Å²) in [5, 5.41) is 7.18. The lowest BCUT2D eigenvalue weighted by molar-refractivity contribution is 0.477.